The van der Waals surface area contributed by atoms with Gasteiger partial charge < -0.3 is 29.7 Å². The van der Waals surface area contributed by atoms with Crippen LogP contribution < -0.4 is 15.4 Å². The molecular weight excluding hydrogens is 478 g/mol. The number of rotatable bonds is 10. The van der Waals surface area contributed by atoms with Crippen molar-refractivity contribution >= 4 is 29.9 Å². The monoisotopic (exact) mass is 510 g/mol. The minimum atomic E-state index is -0.267. The highest BCUT2D eigenvalue weighted by Crippen LogP contribution is 2.29. The lowest BCUT2D eigenvalue weighted by atomic mass is 10.1. The molecule has 0 unspecified atom stereocenters. The summed E-state index contributed by atoms with van der Waals surface area (Å²) in [6.07, 6.45) is 1.66. The number of hydrogen-bond acceptors (Lipinski definition) is 5. The van der Waals surface area contributed by atoms with Crippen LogP contribution >= 0.6 is 24.0 Å². The summed E-state index contributed by atoms with van der Waals surface area (Å²) in [6.45, 7) is 4.70. The molecule has 28 heavy (non-hydrogen) atoms. The van der Waals surface area contributed by atoms with E-state index in [-0.39, 0.29) is 36.6 Å². The van der Waals surface area contributed by atoms with Gasteiger partial charge in [0.05, 0.1) is 6.61 Å². The Morgan fingerprint density at radius 3 is 2.82 bits per heavy atom. The SMILES string of the molecule is CN=C(NCCc1cc(F)cc2c1OCOC2)NCCN(C)CCCOC.I. The lowest BCUT2D eigenvalue weighted by molar-refractivity contribution is -0.0172. The number of guanidine groups is 1. The van der Waals surface area contributed by atoms with Crippen LogP contribution in [0.1, 0.15) is 17.5 Å². The number of ether oxygens (including phenoxy) is 3. The van der Waals surface area contributed by atoms with Crippen LogP contribution in [0, 0.1) is 5.82 Å². The summed E-state index contributed by atoms with van der Waals surface area (Å²) < 4.78 is 29.6. The third-order valence-corrected chi connectivity index (χ3v) is 4.34. The van der Waals surface area contributed by atoms with Crippen LogP contribution in [0.4, 0.5) is 4.39 Å². The fraction of sp³-hybridized carbons (Fsp3) is 0.632. The van der Waals surface area contributed by atoms with Crippen LogP contribution in [0.15, 0.2) is 17.1 Å². The Hall–Kier alpha value is -1.17. The Bertz CT molecular complexity index is 619. The molecule has 0 aliphatic carbocycles. The van der Waals surface area contributed by atoms with E-state index < -0.39 is 0 Å². The van der Waals surface area contributed by atoms with E-state index in [1.54, 1.807) is 14.2 Å². The number of hydrogen-bond donors (Lipinski definition) is 2. The van der Waals surface area contributed by atoms with Crippen LogP contribution in [0.2, 0.25) is 0 Å². The number of nitrogens with zero attached hydrogens (tertiary/aromatic N) is 2. The van der Waals surface area contributed by atoms with Crippen LogP contribution in [-0.4, -0.2) is 71.6 Å². The molecule has 1 aliphatic heterocycles. The lowest BCUT2D eigenvalue weighted by Gasteiger charge is -2.21. The zero-order valence-electron chi connectivity index (χ0n) is 16.9. The first-order valence-corrected chi connectivity index (χ1v) is 9.28. The summed E-state index contributed by atoms with van der Waals surface area (Å²) >= 11 is 0. The maximum Gasteiger partial charge on any atom is 0.191 e. The van der Waals surface area contributed by atoms with Gasteiger partial charge in [-0.3, -0.25) is 4.99 Å². The van der Waals surface area contributed by atoms with Crippen LogP contribution in [0.25, 0.3) is 0 Å². The number of nitrogens with one attached hydrogen (secondary N) is 2. The lowest BCUT2D eigenvalue weighted by Crippen LogP contribution is -2.41. The number of aliphatic imine (C=N–C) groups is 1. The molecule has 160 valence electrons. The van der Waals surface area contributed by atoms with Crippen LogP contribution in [0.3, 0.4) is 0 Å². The molecule has 0 spiro atoms. The molecule has 0 saturated carbocycles. The maximum absolute atomic E-state index is 13.8. The molecule has 0 aromatic heterocycles. The van der Waals surface area contributed by atoms with Crippen molar-refractivity contribution in [1.82, 2.24) is 15.5 Å². The van der Waals surface area contributed by atoms with E-state index in [1.165, 1.54) is 12.1 Å². The van der Waals surface area contributed by atoms with Crippen molar-refractivity contribution in [1.29, 1.82) is 0 Å². The minimum absolute atomic E-state index is 0. The van der Waals surface area contributed by atoms with Gasteiger partial charge in [-0.1, -0.05) is 0 Å². The highest BCUT2D eigenvalue weighted by molar-refractivity contribution is 14.0. The normalized spacial score (nSPS) is 13.5. The molecule has 7 nitrogen and oxygen atoms in total. The number of halogens is 2. The standard InChI is InChI=1S/C19H31FN4O3.HI/c1-21-19(23-7-9-24(2)8-4-10-25-3)22-6-5-15-11-17(20)12-16-13-26-14-27-18(15)16;/h11-12H,4-10,13-14H2,1-3H3,(H2,21,22,23);1H. The molecule has 2 N–H and O–H groups in total. The van der Waals surface area contributed by atoms with E-state index in [1.807, 2.05) is 0 Å². The van der Waals surface area contributed by atoms with Gasteiger partial charge >= 0.3 is 0 Å². The fourth-order valence-electron chi connectivity index (χ4n) is 2.93. The Kier molecular flexibility index (Phi) is 12.4. The van der Waals surface area contributed by atoms with Gasteiger partial charge in [0.1, 0.15) is 11.6 Å². The molecule has 0 atom stereocenters. The highest BCUT2D eigenvalue weighted by atomic mass is 127. The Balaban J connectivity index is 0.00000392. The maximum atomic E-state index is 13.8. The van der Waals surface area contributed by atoms with E-state index >= 15 is 0 Å². The van der Waals surface area contributed by atoms with Gasteiger partial charge in [-0.15, -0.1) is 24.0 Å². The van der Waals surface area contributed by atoms with E-state index in [9.17, 15) is 4.39 Å². The second-order valence-electron chi connectivity index (χ2n) is 6.49. The highest BCUT2D eigenvalue weighted by Gasteiger charge is 2.16. The second-order valence-corrected chi connectivity index (χ2v) is 6.49. The van der Waals surface area contributed by atoms with Gasteiger partial charge in [0.2, 0.25) is 0 Å². The second kappa shape index (κ2) is 13.9. The molecule has 0 amide bonds. The number of benzene rings is 1. The summed E-state index contributed by atoms with van der Waals surface area (Å²) in [4.78, 5) is 6.47. The van der Waals surface area contributed by atoms with E-state index in [2.05, 4.69) is 27.6 Å². The number of methoxy groups -OCH3 is 1. The van der Waals surface area contributed by atoms with Crippen molar-refractivity contribution in [2.45, 2.75) is 19.4 Å². The van der Waals surface area contributed by atoms with Crippen molar-refractivity contribution in [2.24, 2.45) is 4.99 Å². The molecule has 1 heterocycles. The Morgan fingerprint density at radius 1 is 1.29 bits per heavy atom. The molecule has 0 radical (unpaired) electrons. The Morgan fingerprint density at radius 2 is 2.07 bits per heavy atom. The molecule has 1 aliphatic rings. The molecule has 0 fully saturated rings. The third kappa shape index (κ3) is 8.46. The molecule has 1 aromatic carbocycles. The zero-order chi connectivity index (χ0) is 19.5. The largest absolute Gasteiger partial charge is 0.467 e. The van der Waals surface area contributed by atoms with E-state index in [0.29, 0.717) is 19.6 Å². The number of fused-ring (bicyclic) bond motifs is 1. The van der Waals surface area contributed by atoms with Gasteiger partial charge in [0.25, 0.3) is 0 Å². The van der Waals surface area contributed by atoms with Gasteiger partial charge in [-0.05, 0) is 37.6 Å². The Labute approximate surface area is 184 Å². The summed E-state index contributed by atoms with van der Waals surface area (Å²) in [5, 5.41) is 6.55. The van der Waals surface area contributed by atoms with E-state index in [0.717, 1.165) is 55.5 Å². The van der Waals surface area contributed by atoms with Gasteiger partial charge in [0, 0.05) is 52.5 Å². The van der Waals surface area contributed by atoms with Crippen molar-refractivity contribution in [3.8, 4) is 5.75 Å². The molecule has 9 heteroatoms. The van der Waals surface area contributed by atoms with Gasteiger partial charge in [0.15, 0.2) is 12.8 Å². The first-order valence-electron chi connectivity index (χ1n) is 9.28. The van der Waals surface area contributed by atoms with Crippen molar-refractivity contribution < 1.29 is 18.6 Å². The third-order valence-electron chi connectivity index (χ3n) is 4.34. The summed E-state index contributed by atoms with van der Waals surface area (Å²) in [6, 6.07) is 2.99. The average molecular weight is 510 g/mol. The van der Waals surface area contributed by atoms with Crippen molar-refractivity contribution in [3.05, 3.63) is 29.1 Å². The predicted octanol–water partition coefficient (Wildman–Crippen LogP) is 1.99. The number of likely N-dealkylation sites (N-methyl/N-ethyl adjacent to an activating group) is 1. The molecule has 1 aromatic rings. The summed E-state index contributed by atoms with van der Waals surface area (Å²) in [7, 11) is 5.54. The van der Waals surface area contributed by atoms with Crippen molar-refractivity contribution in [3.63, 3.8) is 0 Å². The van der Waals surface area contributed by atoms with E-state index in [4.69, 9.17) is 14.2 Å². The van der Waals surface area contributed by atoms with Crippen molar-refractivity contribution in [2.75, 3.05) is 60.8 Å². The fourth-order valence-corrected chi connectivity index (χ4v) is 2.93. The first-order chi connectivity index (χ1) is 13.1. The molecule has 2 rings (SSSR count). The predicted molar refractivity (Wildman–Crippen MR) is 119 cm³/mol. The molecule has 0 bridgehead atoms. The van der Waals surface area contributed by atoms with Gasteiger partial charge in [-0.2, -0.15) is 0 Å². The topological polar surface area (TPSA) is 67.4 Å². The van der Waals surface area contributed by atoms with Gasteiger partial charge in [-0.25, -0.2) is 4.39 Å². The zero-order valence-corrected chi connectivity index (χ0v) is 19.3. The smallest absolute Gasteiger partial charge is 0.191 e. The minimum Gasteiger partial charge on any atom is -0.467 e. The molecule has 0 saturated heterocycles. The quantitative estimate of drug-likeness (QED) is 0.217. The first kappa shape index (κ1) is 24.9. The van der Waals surface area contributed by atoms with Crippen LogP contribution in [0.5, 0.6) is 5.75 Å². The van der Waals surface area contributed by atoms with Crippen LogP contribution in [-0.2, 0) is 22.5 Å². The summed E-state index contributed by atoms with van der Waals surface area (Å²) in [5.41, 5.74) is 1.60. The molecular formula is C19H32FIN4O3. The summed E-state index contributed by atoms with van der Waals surface area (Å²) in [5.74, 6) is 1.21. The average Bonchev–Trinajstić information content (AvgIpc) is 2.66.